The van der Waals surface area contributed by atoms with E-state index in [1.54, 1.807) is 18.5 Å². The van der Waals surface area contributed by atoms with Crippen molar-refractivity contribution in [2.45, 2.75) is 26.7 Å². The van der Waals surface area contributed by atoms with Gasteiger partial charge in [-0.2, -0.15) is 0 Å². The van der Waals surface area contributed by atoms with Crippen LogP contribution >= 0.6 is 15.9 Å². The monoisotopic (exact) mass is 353 g/mol. The Morgan fingerprint density at radius 2 is 2.10 bits per heavy atom. The van der Waals surface area contributed by atoms with Gasteiger partial charge < -0.3 is 10.2 Å². The van der Waals surface area contributed by atoms with Crippen LogP contribution in [-0.4, -0.2) is 42.0 Å². The molecular weight excluding hydrogens is 330 g/mol. The maximum absolute atomic E-state index is 12.0. The lowest BCUT2D eigenvalue weighted by Crippen LogP contribution is -2.40. The number of pyridine rings is 1. The van der Waals surface area contributed by atoms with Crippen molar-refractivity contribution in [3.05, 3.63) is 28.5 Å². The summed E-state index contributed by atoms with van der Waals surface area (Å²) in [6, 6.07) is 1.79. The minimum Gasteiger partial charge on any atom is -0.352 e. The number of amides is 1. The minimum absolute atomic E-state index is 0.0517. The Balaban J connectivity index is 1.69. The van der Waals surface area contributed by atoms with Crippen molar-refractivity contribution in [1.82, 2.24) is 15.2 Å². The van der Waals surface area contributed by atoms with E-state index < -0.39 is 0 Å². The zero-order chi connectivity index (χ0) is 15.2. The molecule has 116 valence electrons. The highest BCUT2D eigenvalue weighted by Crippen LogP contribution is 2.20. The Labute approximate surface area is 135 Å². The standard InChI is InChI=1S/C16H24BrN3O/c1-12-6-13(2)11-20(10-12)5-3-4-19-16(21)14-7-15(17)9-18-8-14/h7-9,12-13H,3-6,10-11H2,1-2H3,(H,19,21)/t12-,13-/m0/s1. The maximum Gasteiger partial charge on any atom is 0.252 e. The molecule has 21 heavy (non-hydrogen) atoms. The number of hydrogen-bond acceptors (Lipinski definition) is 3. The lowest BCUT2D eigenvalue weighted by Gasteiger charge is -2.34. The summed E-state index contributed by atoms with van der Waals surface area (Å²) in [7, 11) is 0. The van der Waals surface area contributed by atoms with E-state index >= 15 is 0 Å². The summed E-state index contributed by atoms with van der Waals surface area (Å²) >= 11 is 3.33. The third-order valence-electron chi connectivity index (χ3n) is 3.85. The minimum atomic E-state index is -0.0517. The molecule has 1 amide bonds. The predicted octanol–water partition coefficient (Wildman–Crippen LogP) is 2.94. The highest BCUT2D eigenvalue weighted by Gasteiger charge is 2.21. The van der Waals surface area contributed by atoms with Crippen LogP contribution in [-0.2, 0) is 0 Å². The topological polar surface area (TPSA) is 45.2 Å². The fraction of sp³-hybridized carbons (Fsp3) is 0.625. The molecular formula is C16H24BrN3O. The average Bonchev–Trinajstić information content (AvgIpc) is 2.42. The molecule has 0 radical (unpaired) electrons. The molecule has 1 aliphatic heterocycles. The number of carbonyl (C=O) groups is 1. The molecule has 0 saturated carbocycles. The van der Waals surface area contributed by atoms with E-state index in [9.17, 15) is 4.79 Å². The van der Waals surface area contributed by atoms with Gasteiger partial charge in [-0.3, -0.25) is 9.78 Å². The number of carbonyl (C=O) groups excluding carboxylic acids is 1. The van der Waals surface area contributed by atoms with Crippen LogP contribution in [0.1, 0.15) is 37.0 Å². The summed E-state index contributed by atoms with van der Waals surface area (Å²) in [5.41, 5.74) is 0.601. The third-order valence-corrected chi connectivity index (χ3v) is 4.28. The van der Waals surface area contributed by atoms with Crippen LogP contribution in [0, 0.1) is 11.8 Å². The van der Waals surface area contributed by atoms with E-state index in [0.717, 1.165) is 29.3 Å². The van der Waals surface area contributed by atoms with Gasteiger partial charge in [0.05, 0.1) is 5.56 Å². The van der Waals surface area contributed by atoms with Crippen LogP contribution in [0.5, 0.6) is 0 Å². The first-order chi connectivity index (χ1) is 10.0. The van der Waals surface area contributed by atoms with Crippen molar-refractivity contribution in [2.24, 2.45) is 11.8 Å². The van der Waals surface area contributed by atoms with Crippen LogP contribution < -0.4 is 5.32 Å². The Kier molecular flexibility index (Phi) is 6.18. The number of likely N-dealkylation sites (tertiary alicyclic amines) is 1. The molecule has 0 aliphatic carbocycles. The van der Waals surface area contributed by atoms with E-state index in [-0.39, 0.29) is 5.91 Å². The molecule has 1 N–H and O–H groups in total. The number of nitrogens with zero attached hydrogens (tertiary/aromatic N) is 2. The van der Waals surface area contributed by atoms with Gasteiger partial charge in [0, 0.05) is 36.5 Å². The summed E-state index contributed by atoms with van der Waals surface area (Å²) in [4.78, 5) is 18.5. The molecule has 1 fully saturated rings. The van der Waals surface area contributed by atoms with Crippen LogP contribution in [0.3, 0.4) is 0 Å². The summed E-state index contributed by atoms with van der Waals surface area (Å²) in [5, 5.41) is 2.96. The number of piperidine rings is 1. The summed E-state index contributed by atoms with van der Waals surface area (Å²) in [6.45, 7) is 8.80. The molecule has 0 spiro atoms. The highest BCUT2D eigenvalue weighted by atomic mass is 79.9. The number of halogens is 1. The highest BCUT2D eigenvalue weighted by molar-refractivity contribution is 9.10. The maximum atomic E-state index is 12.0. The molecule has 5 heteroatoms. The van der Waals surface area contributed by atoms with Crippen molar-refractivity contribution in [3.63, 3.8) is 0 Å². The average molecular weight is 354 g/mol. The Bertz CT molecular complexity index is 470. The summed E-state index contributed by atoms with van der Waals surface area (Å²) in [5.74, 6) is 1.52. The zero-order valence-electron chi connectivity index (χ0n) is 12.8. The predicted molar refractivity (Wildman–Crippen MR) is 88.3 cm³/mol. The molecule has 1 saturated heterocycles. The fourth-order valence-corrected chi connectivity index (χ4v) is 3.48. The molecule has 2 atom stereocenters. The molecule has 2 heterocycles. The Morgan fingerprint density at radius 3 is 2.76 bits per heavy atom. The second-order valence-corrected chi connectivity index (χ2v) is 7.12. The van der Waals surface area contributed by atoms with Crippen molar-refractivity contribution in [3.8, 4) is 0 Å². The van der Waals surface area contributed by atoms with Crippen LogP contribution in [0.15, 0.2) is 22.9 Å². The van der Waals surface area contributed by atoms with Crippen molar-refractivity contribution in [1.29, 1.82) is 0 Å². The van der Waals surface area contributed by atoms with Gasteiger partial charge in [0.1, 0.15) is 0 Å². The van der Waals surface area contributed by atoms with Gasteiger partial charge in [0.15, 0.2) is 0 Å². The quantitative estimate of drug-likeness (QED) is 0.827. The van der Waals surface area contributed by atoms with Gasteiger partial charge in [0.25, 0.3) is 5.91 Å². The molecule has 0 bridgehead atoms. The van der Waals surface area contributed by atoms with Crippen LogP contribution in [0.25, 0.3) is 0 Å². The van der Waals surface area contributed by atoms with Crippen LogP contribution in [0.4, 0.5) is 0 Å². The molecule has 2 rings (SSSR count). The fourth-order valence-electron chi connectivity index (χ4n) is 3.12. The number of hydrogen-bond donors (Lipinski definition) is 1. The van der Waals surface area contributed by atoms with Crippen LogP contribution in [0.2, 0.25) is 0 Å². The largest absolute Gasteiger partial charge is 0.352 e. The van der Waals surface area contributed by atoms with Crippen molar-refractivity contribution >= 4 is 21.8 Å². The molecule has 0 aromatic carbocycles. The Morgan fingerprint density at radius 1 is 1.38 bits per heavy atom. The number of aromatic nitrogens is 1. The third kappa shape index (κ3) is 5.40. The number of rotatable bonds is 5. The van der Waals surface area contributed by atoms with Gasteiger partial charge in [-0.15, -0.1) is 0 Å². The first-order valence-corrected chi connectivity index (χ1v) is 8.45. The SMILES string of the molecule is C[C@H]1C[C@H](C)CN(CCCNC(=O)c2cncc(Br)c2)C1. The van der Waals surface area contributed by atoms with Gasteiger partial charge in [-0.25, -0.2) is 0 Å². The van der Waals surface area contributed by atoms with Gasteiger partial charge in [-0.1, -0.05) is 13.8 Å². The Hall–Kier alpha value is -0.940. The lowest BCUT2D eigenvalue weighted by atomic mass is 9.92. The second-order valence-electron chi connectivity index (χ2n) is 6.21. The van der Waals surface area contributed by atoms with Gasteiger partial charge >= 0.3 is 0 Å². The van der Waals surface area contributed by atoms with Gasteiger partial charge in [0.2, 0.25) is 0 Å². The van der Waals surface area contributed by atoms with E-state index in [0.29, 0.717) is 12.1 Å². The first kappa shape index (κ1) is 16.4. The molecule has 0 unspecified atom stereocenters. The lowest BCUT2D eigenvalue weighted by molar-refractivity contribution is 0.0947. The van der Waals surface area contributed by atoms with Crippen molar-refractivity contribution < 1.29 is 4.79 Å². The van der Waals surface area contributed by atoms with E-state index in [4.69, 9.17) is 0 Å². The normalized spacial score (nSPS) is 23.0. The van der Waals surface area contributed by atoms with Gasteiger partial charge in [-0.05, 0) is 53.2 Å². The van der Waals surface area contributed by atoms with E-state index in [2.05, 4.69) is 45.0 Å². The second kappa shape index (κ2) is 7.90. The van der Waals surface area contributed by atoms with Crippen molar-refractivity contribution in [2.75, 3.05) is 26.2 Å². The molecule has 1 aliphatic rings. The van der Waals surface area contributed by atoms with E-state index in [1.807, 2.05) is 0 Å². The molecule has 1 aromatic rings. The molecule has 4 nitrogen and oxygen atoms in total. The first-order valence-electron chi connectivity index (χ1n) is 7.65. The number of nitrogens with one attached hydrogen (secondary N) is 1. The summed E-state index contributed by atoms with van der Waals surface area (Å²) < 4.78 is 0.825. The molecule has 1 aromatic heterocycles. The summed E-state index contributed by atoms with van der Waals surface area (Å²) in [6.07, 6.45) is 5.60. The smallest absolute Gasteiger partial charge is 0.252 e. The zero-order valence-corrected chi connectivity index (χ0v) is 14.4. The van der Waals surface area contributed by atoms with E-state index in [1.165, 1.54) is 19.5 Å².